The van der Waals surface area contributed by atoms with Crippen molar-refractivity contribution in [1.82, 2.24) is 0 Å². The predicted octanol–water partition coefficient (Wildman–Crippen LogP) is 1.44. The lowest BCUT2D eigenvalue weighted by atomic mass is 9.78. The highest BCUT2D eigenvalue weighted by molar-refractivity contribution is 5.85. The number of carboxylic acids is 1. The monoisotopic (exact) mass is 170 g/mol. The van der Waals surface area contributed by atoms with Crippen molar-refractivity contribution >= 4 is 5.97 Å². The Hall–Kier alpha value is -0.830. The van der Waals surface area contributed by atoms with E-state index in [4.69, 9.17) is 9.84 Å². The van der Waals surface area contributed by atoms with E-state index < -0.39 is 5.97 Å². The normalized spacial score (nSPS) is 19.8. The van der Waals surface area contributed by atoms with Crippen LogP contribution in [-0.2, 0) is 9.53 Å². The Morgan fingerprint density at radius 1 is 1.67 bits per heavy atom. The van der Waals surface area contributed by atoms with Crippen molar-refractivity contribution in [2.24, 2.45) is 5.41 Å². The predicted molar refractivity (Wildman–Crippen MR) is 44.9 cm³/mol. The van der Waals surface area contributed by atoms with Gasteiger partial charge in [0.05, 0.1) is 13.2 Å². The molecule has 0 spiro atoms. The highest BCUT2D eigenvalue weighted by atomic mass is 16.5. The van der Waals surface area contributed by atoms with E-state index in [1.807, 2.05) is 0 Å². The van der Waals surface area contributed by atoms with Crippen LogP contribution in [-0.4, -0.2) is 24.3 Å². The number of ether oxygens (including phenoxy) is 1. The fraction of sp³-hybridized carbons (Fsp3) is 0.667. The smallest absolute Gasteiger partial charge is 0.330 e. The summed E-state index contributed by atoms with van der Waals surface area (Å²) in [6, 6.07) is 0. The summed E-state index contributed by atoms with van der Waals surface area (Å²) in [4.78, 5) is 10.5. The fourth-order valence-electron chi connectivity index (χ4n) is 1.35. The Morgan fingerprint density at radius 2 is 2.25 bits per heavy atom. The van der Waals surface area contributed by atoms with Crippen LogP contribution in [0.1, 0.15) is 19.8 Å². The number of carboxylic acid groups (broad SMARTS) is 1. The molecule has 1 saturated heterocycles. The first-order chi connectivity index (χ1) is 5.59. The Morgan fingerprint density at radius 3 is 2.50 bits per heavy atom. The maximum Gasteiger partial charge on any atom is 0.330 e. The first kappa shape index (κ1) is 9.26. The molecule has 1 N–H and O–H groups in total. The van der Waals surface area contributed by atoms with Gasteiger partial charge in [0.25, 0.3) is 0 Å². The summed E-state index contributed by atoms with van der Waals surface area (Å²) >= 11 is 0. The molecule has 0 aliphatic carbocycles. The lowest BCUT2D eigenvalue weighted by Crippen LogP contribution is -2.42. The Balaban J connectivity index is 2.48. The van der Waals surface area contributed by atoms with Crippen molar-refractivity contribution < 1.29 is 14.6 Å². The van der Waals surface area contributed by atoms with E-state index >= 15 is 0 Å². The molecule has 1 heterocycles. The lowest BCUT2D eigenvalue weighted by molar-refractivity contribution is -0.136. The van der Waals surface area contributed by atoms with Gasteiger partial charge in [-0.1, -0.05) is 13.5 Å². The highest BCUT2D eigenvalue weighted by Crippen LogP contribution is 2.37. The largest absolute Gasteiger partial charge is 0.478 e. The zero-order valence-electron chi connectivity index (χ0n) is 7.30. The molecule has 3 heteroatoms. The van der Waals surface area contributed by atoms with Gasteiger partial charge >= 0.3 is 5.97 Å². The van der Waals surface area contributed by atoms with E-state index in [0.717, 1.165) is 6.42 Å². The number of hydrogen-bond donors (Lipinski definition) is 1. The van der Waals surface area contributed by atoms with Crippen LogP contribution in [0.4, 0.5) is 0 Å². The Bertz CT molecular complexity index is 198. The summed E-state index contributed by atoms with van der Waals surface area (Å²) in [6.45, 7) is 6.92. The molecule has 0 saturated carbocycles. The van der Waals surface area contributed by atoms with E-state index in [1.54, 1.807) is 0 Å². The van der Waals surface area contributed by atoms with Gasteiger partial charge in [-0.05, 0) is 12.8 Å². The van der Waals surface area contributed by atoms with Crippen molar-refractivity contribution in [3.8, 4) is 0 Å². The molecule has 12 heavy (non-hydrogen) atoms. The molecule has 0 bridgehead atoms. The minimum absolute atomic E-state index is 0.0650. The summed E-state index contributed by atoms with van der Waals surface area (Å²) in [5, 5.41) is 8.62. The first-order valence-corrected chi connectivity index (χ1v) is 4.08. The maximum atomic E-state index is 10.5. The average molecular weight is 170 g/mol. The van der Waals surface area contributed by atoms with E-state index in [9.17, 15) is 4.79 Å². The second kappa shape index (κ2) is 3.27. The van der Waals surface area contributed by atoms with Crippen molar-refractivity contribution in [2.45, 2.75) is 19.8 Å². The number of hydrogen-bond acceptors (Lipinski definition) is 2. The van der Waals surface area contributed by atoms with Gasteiger partial charge in [-0.2, -0.15) is 0 Å². The second-order valence-electron chi connectivity index (χ2n) is 3.43. The first-order valence-electron chi connectivity index (χ1n) is 4.08. The van der Waals surface area contributed by atoms with Gasteiger partial charge in [-0.15, -0.1) is 0 Å². The van der Waals surface area contributed by atoms with Gasteiger partial charge < -0.3 is 9.84 Å². The van der Waals surface area contributed by atoms with Crippen LogP contribution in [0.2, 0.25) is 0 Å². The van der Waals surface area contributed by atoms with Crippen molar-refractivity contribution in [1.29, 1.82) is 0 Å². The SMILES string of the molecule is C=C(CC1(CC)COC1)C(=O)O. The molecule has 0 radical (unpaired) electrons. The molecule has 3 nitrogen and oxygen atoms in total. The average Bonchev–Trinajstić information content (AvgIpc) is 1.96. The van der Waals surface area contributed by atoms with Crippen molar-refractivity contribution in [3.63, 3.8) is 0 Å². The van der Waals surface area contributed by atoms with Gasteiger partial charge in [0.2, 0.25) is 0 Å². The van der Waals surface area contributed by atoms with Gasteiger partial charge in [-0.25, -0.2) is 4.79 Å². The van der Waals surface area contributed by atoms with Crippen LogP contribution in [0.15, 0.2) is 12.2 Å². The number of carbonyl (C=O) groups is 1. The van der Waals surface area contributed by atoms with Gasteiger partial charge in [-0.3, -0.25) is 0 Å². The van der Waals surface area contributed by atoms with E-state index in [2.05, 4.69) is 13.5 Å². The number of aliphatic carboxylic acids is 1. The molecule has 1 aliphatic rings. The molecule has 1 rings (SSSR count). The summed E-state index contributed by atoms with van der Waals surface area (Å²) in [5.74, 6) is -0.894. The third-order valence-electron chi connectivity index (χ3n) is 2.46. The van der Waals surface area contributed by atoms with Crippen LogP contribution in [0.3, 0.4) is 0 Å². The van der Waals surface area contributed by atoms with E-state index in [0.29, 0.717) is 25.2 Å². The molecule has 1 fully saturated rings. The zero-order chi connectivity index (χ0) is 9.19. The lowest BCUT2D eigenvalue weighted by Gasteiger charge is -2.40. The summed E-state index contributed by atoms with van der Waals surface area (Å²) < 4.78 is 5.08. The van der Waals surface area contributed by atoms with Gasteiger partial charge in [0.15, 0.2) is 0 Å². The van der Waals surface area contributed by atoms with Crippen LogP contribution >= 0.6 is 0 Å². The number of rotatable bonds is 4. The summed E-state index contributed by atoms with van der Waals surface area (Å²) in [5.41, 5.74) is 0.357. The molecule has 0 aromatic heterocycles. The standard InChI is InChI=1S/C9H14O3/c1-3-9(5-12-6-9)4-7(2)8(10)11/h2-6H2,1H3,(H,10,11). The third kappa shape index (κ3) is 1.67. The quantitative estimate of drug-likeness (QED) is 0.649. The second-order valence-corrected chi connectivity index (χ2v) is 3.43. The molecule has 0 aromatic rings. The molecular weight excluding hydrogens is 156 g/mol. The van der Waals surface area contributed by atoms with Crippen LogP contribution in [0.5, 0.6) is 0 Å². The van der Waals surface area contributed by atoms with Crippen molar-refractivity contribution in [3.05, 3.63) is 12.2 Å². The fourth-order valence-corrected chi connectivity index (χ4v) is 1.35. The van der Waals surface area contributed by atoms with E-state index in [-0.39, 0.29) is 5.41 Å². The Labute approximate surface area is 72.0 Å². The maximum absolute atomic E-state index is 10.5. The van der Waals surface area contributed by atoms with Crippen molar-refractivity contribution in [2.75, 3.05) is 13.2 Å². The van der Waals surface area contributed by atoms with Crippen LogP contribution in [0.25, 0.3) is 0 Å². The molecule has 0 atom stereocenters. The molecule has 0 amide bonds. The molecular formula is C9H14O3. The van der Waals surface area contributed by atoms with Gasteiger partial charge in [0.1, 0.15) is 0 Å². The topological polar surface area (TPSA) is 46.5 Å². The summed E-state index contributed by atoms with van der Waals surface area (Å²) in [7, 11) is 0. The van der Waals surface area contributed by atoms with Crippen LogP contribution in [0, 0.1) is 5.41 Å². The Kier molecular flexibility index (Phi) is 2.52. The van der Waals surface area contributed by atoms with Crippen LogP contribution < -0.4 is 0 Å². The van der Waals surface area contributed by atoms with Gasteiger partial charge in [0, 0.05) is 11.0 Å². The molecule has 0 unspecified atom stereocenters. The van der Waals surface area contributed by atoms with E-state index in [1.165, 1.54) is 0 Å². The molecule has 0 aromatic carbocycles. The molecule has 68 valence electrons. The highest BCUT2D eigenvalue weighted by Gasteiger charge is 2.37. The third-order valence-corrected chi connectivity index (χ3v) is 2.46. The molecule has 1 aliphatic heterocycles. The summed E-state index contributed by atoms with van der Waals surface area (Å²) in [6.07, 6.45) is 1.51. The minimum Gasteiger partial charge on any atom is -0.478 e. The zero-order valence-corrected chi connectivity index (χ0v) is 7.30. The minimum atomic E-state index is -0.894.